The lowest BCUT2D eigenvalue weighted by Gasteiger charge is -2.19. The van der Waals surface area contributed by atoms with Crippen LogP contribution in [0.1, 0.15) is 67.5 Å². The minimum Gasteiger partial charge on any atom is -0.466 e. The molecule has 1 unspecified atom stereocenters. The fourth-order valence-corrected chi connectivity index (χ4v) is 8.73. The molecule has 0 N–H and O–H groups in total. The van der Waals surface area contributed by atoms with Gasteiger partial charge in [-0.25, -0.2) is 21.2 Å². The van der Waals surface area contributed by atoms with Crippen molar-refractivity contribution in [2.24, 2.45) is 5.41 Å². The maximum Gasteiger partial charge on any atom is 0.306 e. The van der Waals surface area contributed by atoms with Crippen LogP contribution in [0.15, 0.2) is 140 Å². The SMILES string of the molecule is C=CCC(c1cccc(CCC(=O)OCC)c1)n1ccc(-c2cc(Oc3c(F)cc4c(ccn4S(=O)(=O)c4ccc(C)cc4)c3Cc3cnn(CC(C)(C)C=C)c3)ccc2F)n1. The van der Waals surface area contributed by atoms with Gasteiger partial charge >= 0.3 is 5.97 Å². The van der Waals surface area contributed by atoms with E-state index < -0.39 is 21.7 Å². The van der Waals surface area contributed by atoms with E-state index in [2.05, 4.69) is 18.3 Å². The van der Waals surface area contributed by atoms with Gasteiger partial charge in [-0.3, -0.25) is 14.2 Å². The van der Waals surface area contributed by atoms with Crippen LogP contribution in [0, 0.1) is 24.0 Å². The molecule has 0 fully saturated rings. The minimum absolute atomic E-state index is 0.0608. The van der Waals surface area contributed by atoms with Gasteiger partial charge in [-0.05, 0) is 85.8 Å². The Kier molecular flexibility index (Phi) is 12.7. The van der Waals surface area contributed by atoms with E-state index in [-0.39, 0.29) is 57.7 Å². The summed E-state index contributed by atoms with van der Waals surface area (Å²) in [7, 11) is -4.10. The zero-order chi connectivity index (χ0) is 44.2. The number of esters is 1. The zero-order valence-corrected chi connectivity index (χ0v) is 36.0. The number of benzene rings is 4. The summed E-state index contributed by atoms with van der Waals surface area (Å²) in [5, 5.41) is 9.78. The number of carbonyl (C=O) groups is 1. The number of carbonyl (C=O) groups excluding carboxylic acids is 1. The summed E-state index contributed by atoms with van der Waals surface area (Å²) in [6.07, 6.45) is 11.8. The largest absolute Gasteiger partial charge is 0.466 e. The predicted octanol–water partition coefficient (Wildman–Crippen LogP) is 10.8. The maximum absolute atomic E-state index is 16.6. The van der Waals surface area contributed by atoms with Crippen LogP contribution in [0.5, 0.6) is 11.5 Å². The van der Waals surface area contributed by atoms with E-state index in [1.165, 1.54) is 36.5 Å². The molecule has 7 rings (SSSR count). The summed E-state index contributed by atoms with van der Waals surface area (Å²) >= 11 is 0. The third-order valence-corrected chi connectivity index (χ3v) is 12.5. The van der Waals surface area contributed by atoms with Crippen molar-refractivity contribution < 1.29 is 31.5 Å². The minimum atomic E-state index is -4.10. The Morgan fingerprint density at radius 2 is 1.74 bits per heavy atom. The van der Waals surface area contributed by atoms with E-state index in [0.717, 1.165) is 32.3 Å². The Labute approximate surface area is 360 Å². The number of hydrogen-bond donors (Lipinski definition) is 0. The molecule has 0 spiro atoms. The first-order valence-electron chi connectivity index (χ1n) is 20.4. The Morgan fingerprint density at radius 1 is 0.952 bits per heavy atom. The number of ether oxygens (including phenoxy) is 2. The van der Waals surface area contributed by atoms with Crippen molar-refractivity contribution in [3.63, 3.8) is 0 Å². The lowest BCUT2D eigenvalue weighted by molar-refractivity contribution is -0.143. The van der Waals surface area contributed by atoms with Gasteiger partial charge in [0.1, 0.15) is 11.6 Å². The van der Waals surface area contributed by atoms with Crippen LogP contribution in [0.2, 0.25) is 0 Å². The Morgan fingerprint density at radius 3 is 2.48 bits per heavy atom. The number of halogens is 2. The summed E-state index contributed by atoms with van der Waals surface area (Å²) in [6, 6.07) is 22.7. The van der Waals surface area contributed by atoms with E-state index >= 15 is 8.78 Å². The number of aromatic nitrogens is 5. The Balaban J connectivity index is 1.24. The van der Waals surface area contributed by atoms with Crippen LogP contribution >= 0.6 is 0 Å². The summed E-state index contributed by atoms with van der Waals surface area (Å²) in [4.78, 5) is 12.1. The van der Waals surface area contributed by atoms with Crippen LogP contribution in [0.4, 0.5) is 8.78 Å². The lowest BCUT2D eigenvalue weighted by Crippen LogP contribution is -2.16. The van der Waals surface area contributed by atoms with E-state index in [9.17, 15) is 13.2 Å². The zero-order valence-electron chi connectivity index (χ0n) is 35.2. The summed E-state index contributed by atoms with van der Waals surface area (Å²) < 4.78 is 76.2. The van der Waals surface area contributed by atoms with Gasteiger partial charge < -0.3 is 9.47 Å². The Bertz CT molecular complexity index is 2880. The highest BCUT2D eigenvalue weighted by molar-refractivity contribution is 7.90. The van der Waals surface area contributed by atoms with Crippen molar-refractivity contribution in [3.8, 4) is 22.8 Å². The molecule has 10 nitrogen and oxygen atoms in total. The fourth-order valence-electron chi connectivity index (χ4n) is 7.39. The highest BCUT2D eigenvalue weighted by atomic mass is 32.2. The number of hydrogen-bond acceptors (Lipinski definition) is 7. The van der Waals surface area contributed by atoms with Crippen LogP contribution in [-0.4, -0.2) is 44.5 Å². The van der Waals surface area contributed by atoms with Gasteiger partial charge in [-0.15, -0.1) is 13.2 Å². The molecular weight excluding hydrogens is 809 g/mol. The van der Waals surface area contributed by atoms with Crippen molar-refractivity contribution in [3.05, 3.63) is 174 Å². The van der Waals surface area contributed by atoms with Crippen molar-refractivity contribution in [2.75, 3.05) is 6.61 Å². The maximum atomic E-state index is 16.6. The van der Waals surface area contributed by atoms with Gasteiger partial charge in [-0.2, -0.15) is 10.2 Å². The normalized spacial score (nSPS) is 12.4. The van der Waals surface area contributed by atoms with Gasteiger partial charge in [0.2, 0.25) is 0 Å². The third-order valence-electron chi connectivity index (χ3n) is 10.7. The van der Waals surface area contributed by atoms with Gasteiger partial charge in [-0.1, -0.05) is 68.0 Å². The van der Waals surface area contributed by atoms with Crippen molar-refractivity contribution in [1.29, 1.82) is 0 Å². The molecule has 13 heteroatoms. The average Bonchev–Trinajstić information content (AvgIpc) is 4.02. The molecule has 62 heavy (non-hydrogen) atoms. The highest BCUT2D eigenvalue weighted by Gasteiger charge is 2.26. The van der Waals surface area contributed by atoms with E-state index in [0.29, 0.717) is 42.6 Å². The second kappa shape index (κ2) is 18.2. The van der Waals surface area contributed by atoms with E-state index in [4.69, 9.17) is 14.6 Å². The molecule has 0 saturated carbocycles. The molecule has 0 saturated heterocycles. The number of rotatable bonds is 18. The molecule has 1 atom stereocenters. The highest BCUT2D eigenvalue weighted by Crippen LogP contribution is 2.39. The number of aryl methyl sites for hydroxylation is 2. The van der Waals surface area contributed by atoms with Crippen LogP contribution < -0.4 is 4.74 Å². The Hall–Kier alpha value is -6.60. The lowest BCUT2D eigenvalue weighted by atomic mass is 9.94. The van der Waals surface area contributed by atoms with E-state index in [1.54, 1.807) is 59.0 Å². The van der Waals surface area contributed by atoms with Gasteiger partial charge in [0.05, 0.1) is 35.0 Å². The van der Waals surface area contributed by atoms with Crippen molar-refractivity contribution in [2.45, 2.75) is 70.9 Å². The average molecular weight is 858 g/mol. The van der Waals surface area contributed by atoms with Crippen molar-refractivity contribution in [1.82, 2.24) is 23.5 Å². The molecule has 0 radical (unpaired) electrons. The summed E-state index contributed by atoms with van der Waals surface area (Å²) in [5.74, 6) is -1.63. The molecule has 0 aliphatic carbocycles. The first-order chi connectivity index (χ1) is 29.7. The molecule has 0 aliphatic heterocycles. The van der Waals surface area contributed by atoms with Crippen molar-refractivity contribution >= 4 is 26.9 Å². The summed E-state index contributed by atoms with van der Waals surface area (Å²) in [6.45, 7) is 16.5. The smallest absolute Gasteiger partial charge is 0.306 e. The monoisotopic (exact) mass is 857 g/mol. The third kappa shape index (κ3) is 9.47. The van der Waals surface area contributed by atoms with Crippen LogP contribution in [-0.2, 0) is 38.9 Å². The molecule has 0 aliphatic rings. The van der Waals surface area contributed by atoms with Gasteiger partial charge in [0.25, 0.3) is 10.0 Å². The van der Waals surface area contributed by atoms with Gasteiger partial charge in [0, 0.05) is 66.0 Å². The molecule has 4 aromatic carbocycles. The van der Waals surface area contributed by atoms with Gasteiger partial charge in [0.15, 0.2) is 11.6 Å². The van der Waals surface area contributed by atoms with E-state index in [1.807, 2.05) is 57.3 Å². The molecule has 0 amide bonds. The predicted molar refractivity (Wildman–Crippen MR) is 237 cm³/mol. The standard InChI is InChI=1S/C49H49F2N5O5S/c1-7-11-45(36-13-10-12-34(26-36)16-21-47(57)60-9-3)55-24-23-44(53-55)41-28-37(17-20-42(41)50)61-48-40(27-35-30-52-54(31-35)32-49(5,6)8-2)39-22-25-56(46(39)29-43(48)51)62(58,59)38-18-14-33(4)15-19-38/h7-8,10,12-15,17-20,22-26,28-31,45H,1-2,9,11,16,21,27,32H2,3-6H3. The molecular formula is C49H49F2N5O5S. The molecule has 3 aromatic heterocycles. The molecule has 3 heterocycles. The quantitative estimate of drug-likeness (QED) is 0.0624. The second-order valence-corrected chi connectivity index (χ2v) is 17.8. The van der Waals surface area contributed by atoms with Crippen LogP contribution in [0.25, 0.3) is 22.2 Å². The second-order valence-electron chi connectivity index (χ2n) is 16.0. The molecule has 7 aromatic rings. The fraction of sp³-hybridized carbons (Fsp3) is 0.245. The number of fused-ring (bicyclic) bond motifs is 1. The topological polar surface area (TPSA) is 110 Å². The first-order valence-corrected chi connectivity index (χ1v) is 21.8. The first kappa shape index (κ1) is 43.5. The number of nitrogens with zero attached hydrogens (tertiary/aromatic N) is 5. The van der Waals surface area contributed by atoms with Crippen LogP contribution in [0.3, 0.4) is 0 Å². The molecule has 320 valence electrons. The number of allylic oxidation sites excluding steroid dienone is 2. The summed E-state index contributed by atoms with van der Waals surface area (Å²) in [5.41, 5.74) is 4.26. The molecule has 0 bridgehead atoms.